The number of carboxylic acids is 1. The first kappa shape index (κ1) is 17.4. The Balaban J connectivity index is 1.76. The Morgan fingerprint density at radius 2 is 2.13 bits per heavy atom. The zero-order chi connectivity index (χ0) is 16.9. The van der Waals surface area contributed by atoms with Crippen LogP contribution in [0.2, 0.25) is 0 Å². The third-order valence-corrected chi connectivity index (χ3v) is 4.02. The molecule has 0 bridgehead atoms. The average Bonchev–Trinajstić information content (AvgIpc) is 2.86. The summed E-state index contributed by atoms with van der Waals surface area (Å²) in [5, 5.41) is 14.4. The van der Waals surface area contributed by atoms with Crippen LogP contribution in [0.1, 0.15) is 18.9 Å². The predicted molar refractivity (Wildman–Crippen MR) is 83.3 cm³/mol. The van der Waals surface area contributed by atoms with Crippen molar-refractivity contribution in [3.8, 4) is 0 Å². The molecular weight excluding hydrogens is 301 g/mol. The molecule has 2 rings (SSSR count). The molecule has 1 aliphatic heterocycles. The normalized spacial score (nSPS) is 21.3. The van der Waals surface area contributed by atoms with Gasteiger partial charge in [0.15, 0.2) is 0 Å². The Bertz CT molecular complexity index is 581. The Labute approximate surface area is 134 Å². The molecule has 1 heterocycles. The minimum Gasteiger partial charge on any atom is -0.480 e. The second kappa shape index (κ2) is 7.52. The molecule has 1 saturated heterocycles. The van der Waals surface area contributed by atoms with Crippen molar-refractivity contribution in [1.29, 1.82) is 0 Å². The predicted octanol–water partition coefficient (Wildman–Crippen LogP) is 0.581. The second-order valence-corrected chi connectivity index (χ2v) is 6.14. The van der Waals surface area contributed by atoms with E-state index < -0.39 is 5.97 Å². The summed E-state index contributed by atoms with van der Waals surface area (Å²) in [6.07, 6.45) is 0.779. The van der Waals surface area contributed by atoms with Crippen molar-refractivity contribution in [2.24, 2.45) is 0 Å². The van der Waals surface area contributed by atoms with Gasteiger partial charge in [-0.1, -0.05) is 18.2 Å². The number of likely N-dealkylation sites (tertiary alicyclic amines) is 1. The Kier molecular flexibility index (Phi) is 5.68. The topological polar surface area (TPSA) is 81.7 Å². The minimum absolute atomic E-state index is 0.0934. The van der Waals surface area contributed by atoms with Gasteiger partial charge in [-0.2, -0.15) is 0 Å². The molecule has 1 aromatic rings. The van der Waals surface area contributed by atoms with Crippen LogP contribution < -0.4 is 10.6 Å². The van der Waals surface area contributed by atoms with Crippen molar-refractivity contribution in [3.63, 3.8) is 0 Å². The molecule has 6 nitrogen and oxygen atoms in total. The van der Waals surface area contributed by atoms with Crippen LogP contribution in [0.4, 0.5) is 4.39 Å². The lowest BCUT2D eigenvalue weighted by Crippen LogP contribution is -2.47. The number of amides is 1. The number of carbonyl (C=O) groups is 2. The summed E-state index contributed by atoms with van der Waals surface area (Å²) in [7, 11) is 0. The molecular formula is C16H22FN3O3. The molecule has 0 unspecified atom stereocenters. The molecule has 1 aromatic carbocycles. The molecule has 126 valence electrons. The van der Waals surface area contributed by atoms with Crippen LogP contribution in [0.3, 0.4) is 0 Å². The highest BCUT2D eigenvalue weighted by atomic mass is 19.1. The van der Waals surface area contributed by atoms with E-state index in [-0.39, 0.29) is 36.9 Å². The Morgan fingerprint density at radius 3 is 2.83 bits per heavy atom. The molecule has 1 fully saturated rings. The Hall–Kier alpha value is -1.99. The van der Waals surface area contributed by atoms with E-state index in [1.807, 2.05) is 11.8 Å². The SMILES string of the molecule is C[C@@]1(NCC(=O)O)CCN(CC(=O)NCc2ccccc2F)C1. The van der Waals surface area contributed by atoms with Gasteiger partial charge in [-0.05, 0) is 19.4 Å². The van der Waals surface area contributed by atoms with Crippen molar-refractivity contribution in [2.45, 2.75) is 25.4 Å². The number of rotatable bonds is 7. The van der Waals surface area contributed by atoms with Crippen LogP contribution in [0.25, 0.3) is 0 Å². The van der Waals surface area contributed by atoms with Crippen molar-refractivity contribution >= 4 is 11.9 Å². The number of nitrogens with zero attached hydrogens (tertiary/aromatic N) is 1. The van der Waals surface area contributed by atoms with Gasteiger partial charge in [0, 0.05) is 30.7 Å². The van der Waals surface area contributed by atoms with E-state index >= 15 is 0 Å². The average molecular weight is 323 g/mol. The molecule has 0 saturated carbocycles. The van der Waals surface area contributed by atoms with E-state index in [2.05, 4.69) is 10.6 Å². The first-order valence-electron chi connectivity index (χ1n) is 7.57. The van der Waals surface area contributed by atoms with Crippen LogP contribution in [0, 0.1) is 5.82 Å². The zero-order valence-corrected chi connectivity index (χ0v) is 13.1. The lowest BCUT2D eigenvalue weighted by molar-refractivity contribution is -0.136. The van der Waals surface area contributed by atoms with E-state index in [9.17, 15) is 14.0 Å². The standard InChI is InChI=1S/C16H22FN3O3/c1-16(19-9-15(22)23)6-7-20(11-16)10-14(21)18-8-12-4-2-3-5-13(12)17/h2-5,19H,6-11H2,1H3,(H,18,21)(H,22,23)/t16-/m1/s1. The molecule has 1 atom stereocenters. The molecule has 0 aromatic heterocycles. The third-order valence-electron chi connectivity index (χ3n) is 4.02. The van der Waals surface area contributed by atoms with E-state index in [1.165, 1.54) is 6.07 Å². The van der Waals surface area contributed by atoms with Crippen LogP contribution in [0.5, 0.6) is 0 Å². The largest absolute Gasteiger partial charge is 0.480 e. The molecule has 0 spiro atoms. The van der Waals surface area contributed by atoms with E-state index in [0.29, 0.717) is 12.1 Å². The van der Waals surface area contributed by atoms with E-state index in [0.717, 1.165) is 13.0 Å². The maximum absolute atomic E-state index is 13.5. The van der Waals surface area contributed by atoms with Gasteiger partial charge in [0.05, 0.1) is 13.1 Å². The molecule has 0 radical (unpaired) electrons. The zero-order valence-electron chi connectivity index (χ0n) is 13.1. The summed E-state index contributed by atoms with van der Waals surface area (Å²) in [6.45, 7) is 3.56. The van der Waals surface area contributed by atoms with Crippen molar-refractivity contribution in [3.05, 3.63) is 35.6 Å². The Morgan fingerprint density at radius 1 is 1.39 bits per heavy atom. The fourth-order valence-corrected chi connectivity index (χ4v) is 2.72. The second-order valence-electron chi connectivity index (χ2n) is 6.14. The maximum atomic E-state index is 13.5. The van der Waals surface area contributed by atoms with Crippen molar-refractivity contribution in [2.75, 3.05) is 26.2 Å². The third kappa shape index (κ3) is 5.30. The van der Waals surface area contributed by atoms with Crippen LogP contribution >= 0.6 is 0 Å². The van der Waals surface area contributed by atoms with Gasteiger partial charge in [-0.25, -0.2) is 4.39 Å². The van der Waals surface area contributed by atoms with Gasteiger partial charge in [0.2, 0.25) is 5.91 Å². The van der Waals surface area contributed by atoms with Gasteiger partial charge in [-0.15, -0.1) is 0 Å². The molecule has 1 amide bonds. The quantitative estimate of drug-likeness (QED) is 0.684. The molecule has 0 aliphatic carbocycles. The molecule has 3 N–H and O–H groups in total. The lowest BCUT2D eigenvalue weighted by Gasteiger charge is -2.25. The fraction of sp³-hybridized carbons (Fsp3) is 0.500. The summed E-state index contributed by atoms with van der Waals surface area (Å²) < 4.78 is 13.5. The highest BCUT2D eigenvalue weighted by molar-refractivity contribution is 5.78. The summed E-state index contributed by atoms with van der Waals surface area (Å²) >= 11 is 0. The van der Waals surface area contributed by atoms with Gasteiger partial charge < -0.3 is 15.7 Å². The fourth-order valence-electron chi connectivity index (χ4n) is 2.72. The first-order valence-corrected chi connectivity index (χ1v) is 7.57. The van der Waals surface area contributed by atoms with Gasteiger partial charge >= 0.3 is 5.97 Å². The molecule has 7 heteroatoms. The summed E-state index contributed by atoms with van der Waals surface area (Å²) in [4.78, 5) is 24.6. The number of nitrogens with one attached hydrogen (secondary N) is 2. The minimum atomic E-state index is -0.896. The van der Waals surface area contributed by atoms with Crippen LogP contribution in [0.15, 0.2) is 24.3 Å². The summed E-state index contributed by atoms with van der Waals surface area (Å²) in [5.74, 6) is -1.40. The number of aliphatic carboxylic acids is 1. The monoisotopic (exact) mass is 323 g/mol. The number of carboxylic acid groups (broad SMARTS) is 1. The number of halogens is 1. The first-order chi connectivity index (χ1) is 10.9. The lowest BCUT2D eigenvalue weighted by atomic mass is 10.0. The number of hydrogen-bond donors (Lipinski definition) is 3. The molecule has 23 heavy (non-hydrogen) atoms. The summed E-state index contributed by atoms with van der Waals surface area (Å²) in [6, 6.07) is 6.33. The van der Waals surface area contributed by atoms with Gasteiger partial charge in [0.25, 0.3) is 0 Å². The van der Waals surface area contributed by atoms with Crippen LogP contribution in [-0.2, 0) is 16.1 Å². The number of hydrogen-bond acceptors (Lipinski definition) is 4. The summed E-state index contributed by atoms with van der Waals surface area (Å²) in [5.41, 5.74) is 0.153. The van der Waals surface area contributed by atoms with Gasteiger partial charge in [-0.3, -0.25) is 14.5 Å². The molecule has 1 aliphatic rings. The smallest absolute Gasteiger partial charge is 0.317 e. The van der Waals surface area contributed by atoms with Gasteiger partial charge in [0.1, 0.15) is 5.82 Å². The van der Waals surface area contributed by atoms with Crippen molar-refractivity contribution in [1.82, 2.24) is 15.5 Å². The van der Waals surface area contributed by atoms with Crippen LogP contribution in [-0.4, -0.2) is 53.6 Å². The van der Waals surface area contributed by atoms with Crippen molar-refractivity contribution < 1.29 is 19.1 Å². The number of benzene rings is 1. The number of carbonyl (C=O) groups excluding carboxylic acids is 1. The highest BCUT2D eigenvalue weighted by Crippen LogP contribution is 2.20. The highest BCUT2D eigenvalue weighted by Gasteiger charge is 2.34. The maximum Gasteiger partial charge on any atom is 0.317 e. The van der Waals surface area contributed by atoms with E-state index in [1.54, 1.807) is 18.2 Å². The van der Waals surface area contributed by atoms with E-state index in [4.69, 9.17) is 5.11 Å².